The summed E-state index contributed by atoms with van der Waals surface area (Å²) in [6, 6.07) is 9.22. The van der Waals surface area contributed by atoms with Gasteiger partial charge in [0, 0.05) is 13.8 Å². The van der Waals surface area contributed by atoms with Gasteiger partial charge in [-0.1, -0.05) is 18.2 Å². The van der Waals surface area contributed by atoms with E-state index in [2.05, 4.69) is 0 Å². The first kappa shape index (κ1) is 9.58. The Bertz CT molecular complexity index is 269. The maximum absolute atomic E-state index is 10.5. The van der Waals surface area contributed by atoms with E-state index in [9.17, 15) is 4.79 Å². The lowest BCUT2D eigenvalue weighted by Crippen LogP contribution is -2.18. The van der Waals surface area contributed by atoms with Gasteiger partial charge in [0.25, 0.3) is 0 Å². The highest BCUT2D eigenvalue weighted by molar-refractivity contribution is 5.66. The Labute approximate surface area is 77.3 Å². The van der Waals surface area contributed by atoms with Gasteiger partial charge in [0.2, 0.25) is 6.29 Å². The molecular formula is C10H12O3. The van der Waals surface area contributed by atoms with Gasteiger partial charge in [-0.2, -0.15) is 0 Å². The molecular weight excluding hydrogens is 168 g/mol. The maximum Gasteiger partial charge on any atom is 0.305 e. The third kappa shape index (κ3) is 3.60. The average molecular weight is 180 g/mol. The van der Waals surface area contributed by atoms with E-state index in [1.165, 1.54) is 6.92 Å². The molecule has 0 heterocycles. The van der Waals surface area contributed by atoms with Gasteiger partial charge in [0.15, 0.2) is 0 Å². The molecule has 0 aliphatic heterocycles. The smallest absolute Gasteiger partial charge is 0.305 e. The summed E-state index contributed by atoms with van der Waals surface area (Å²) in [7, 11) is 0. The Balaban J connectivity index is 2.45. The molecule has 1 atom stereocenters. The number of benzene rings is 1. The minimum Gasteiger partial charge on any atom is -0.455 e. The molecule has 13 heavy (non-hydrogen) atoms. The second kappa shape index (κ2) is 4.50. The van der Waals surface area contributed by atoms with Crippen molar-refractivity contribution in [2.24, 2.45) is 0 Å². The Morgan fingerprint density at radius 1 is 1.31 bits per heavy atom. The predicted molar refractivity (Wildman–Crippen MR) is 48.3 cm³/mol. The lowest BCUT2D eigenvalue weighted by atomic mass is 10.3. The number of ether oxygens (including phenoxy) is 2. The Morgan fingerprint density at radius 3 is 2.46 bits per heavy atom. The van der Waals surface area contributed by atoms with E-state index in [1.807, 2.05) is 18.2 Å². The molecule has 0 saturated carbocycles. The minimum absolute atomic E-state index is 0.344. The van der Waals surface area contributed by atoms with Gasteiger partial charge < -0.3 is 9.47 Å². The highest BCUT2D eigenvalue weighted by Gasteiger charge is 2.05. The summed E-state index contributed by atoms with van der Waals surface area (Å²) in [6.45, 7) is 3.03. The van der Waals surface area contributed by atoms with Crippen molar-refractivity contribution in [1.82, 2.24) is 0 Å². The Kier molecular flexibility index (Phi) is 3.31. The fourth-order valence-corrected chi connectivity index (χ4v) is 0.948. The van der Waals surface area contributed by atoms with Crippen LogP contribution in [0.3, 0.4) is 0 Å². The molecule has 1 aromatic carbocycles. The van der Waals surface area contributed by atoms with Crippen molar-refractivity contribution in [3.05, 3.63) is 30.3 Å². The third-order valence-corrected chi connectivity index (χ3v) is 1.38. The fraction of sp³-hybridized carbons (Fsp3) is 0.300. The standard InChI is InChI=1S/C10H12O3/c1-8(11)12-9(2)13-10-6-4-3-5-7-10/h3-7,9H,1-2H3/t9-/m1/s1. The van der Waals surface area contributed by atoms with Crippen LogP contribution in [-0.4, -0.2) is 12.3 Å². The van der Waals surface area contributed by atoms with Crippen molar-refractivity contribution in [3.8, 4) is 5.75 Å². The van der Waals surface area contributed by atoms with Gasteiger partial charge in [0.1, 0.15) is 5.75 Å². The molecule has 1 aromatic rings. The predicted octanol–water partition coefficient (Wildman–Crippen LogP) is 1.97. The summed E-state index contributed by atoms with van der Waals surface area (Å²) in [5.41, 5.74) is 0. The summed E-state index contributed by atoms with van der Waals surface area (Å²) in [4.78, 5) is 10.5. The molecule has 0 amide bonds. The first-order chi connectivity index (χ1) is 6.18. The molecule has 70 valence electrons. The monoisotopic (exact) mass is 180 g/mol. The molecule has 0 aliphatic carbocycles. The van der Waals surface area contributed by atoms with Crippen molar-refractivity contribution in [2.75, 3.05) is 0 Å². The molecule has 3 heteroatoms. The van der Waals surface area contributed by atoms with Gasteiger partial charge in [-0.25, -0.2) is 0 Å². The van der Waals surface area contributed by atoms with E-state index >= 15 is 0 Å². The molecule has 0 spiro atoms. The largest absolute Gasteiger partial charge is 0.455 e. The van der Waals surface area contributed by atoms with Crippen LogP contribution in [-0.2, 0) is 9.53 Å². The number of hydrogen-bond donors (Lipinski definition) is 0. The van der Waals surface area contributed by atoms with Gasteiger partial charge in [-0.15, -0.1) is 0 Å². The highest BCUT2D eigenvalue weighted by Crippen LogP contribution is 2.10. The van der Waals surface area contributed by atoms with Crippen LogP contribution in [0, 0.1) is 0 Å². The third-order valence-electron chi connectivity index (χ3n) is 1.38. The van der Waals surface area contributed by atoms with Gasteiger partial charge in [0.05, 0.1) is 0 Å². The van der Waals surface area contributed by atoms with Crippen LogP contribution in [0.1, 0.15) is 13.8 Å². The molecule has 0 aromatic heterocycles. The number of para-hydroxylation sites is 1. The van der Waals surface area contributed by atoms with E-state index in [1.54, 1.807) is 19.1 Å². The van der Waals surface area contributed by atoms with E-state index < -0.39 is 6.29 Å². The van der Waals surface area contributed by atoms with Crippen molar-refractivity contribution in [1.29, 1.82) is 0 Å². The Morgan fingerprint density at radius 2 is 1.92 bits per heavy atom. The summed E-state index contributed by atoms with van der Waals surface area (Å²) < 4.78 is 10.1. The van der Waals surface area contributed by atoms with Crippen molar-refractivity contribution in [3.63, 3.8) is 0 Å². The summed E-state index contributed by atoms with van der Waals surface area (Å²) in [6.07, 6.45) is -0.542. The molecule has 0 fully saturated rings. The van der Waals surface area contributed by atoms with Gasteiger partial charge >= 0.3 is 5.97 Å². The van der Waals surface area contributed by atoms with Crippen molar-refractivity contribution >= 4 is 5.97 Å². The van der Waals surface area contributed by atoms with E-state index in [4.69, 9.17) is 9.47 Å². The zero-order chi connectivity index (χ0) is 9.68. The van der Waals surface area contributed by atoms with E-state index in [0.29, 0.717) is 5.75 Å². The molecule has 0 bridgehead atoms. The summed E-state index contributed by atoms with van der Waals surface area (Å²) >= 11 is 0. The average Bonchev–Trinajstić information content (AvgIpc) is 2.04. The molecule has 0 radical (unpaired) electrons. The number of carbonyl (C=O) groups is 1. The SMILES string of the molecule is CC(=O)O[C@@H](C)Oc1ccccc1. The molecule has 3 nitrogen and oxygen atoms in total. The number of esters is 1. The topological polar surface area (TPSA) is 35.5 Å². The van der Waals surface area contributed by atoms with E-state index in [-0.39, 0.29) is 5.97 Å². The second-order valence-electron chi connectivity index (χ2n) is 2.61. The van der Waals surface area contributed by atoms with Gasteiger partial charge in [-0.05, 0) is 12.1 Å². The molecule has 0 N–H and O–H groups in total. The van der Waals surface area contributed by atoms with Crippen LogP contribution in [0.15, 0.2) is 30.3 Å². The van der Waals surface area contributed by atoms with Gasteiger partial charge in [-0.3, -0.25) is 4.79 Å². The number of carbonyl (C=O) groups excluding carboxylic acids is 1. The van der Waals surface area contributed by atoms with Crippen molar-refractivity contribution in [2.45, 2.75) is 20.1 Å². The quantitative estimate of drug-likeness (QED) is 0.527. The zero-order valence-electron chi connectivity index (χ0n) is 7.69. The van der Waals surface area contributed by atoms with Crippen molar-refractivity contribution < 1.29 is 14.3 Å². The zero-order valence-corrected chi connectivity index (χ0v) is 7.69. The molecule has 0 unspecified atom stereocenters. The normalized spacial score (nSPS) is 11.8. The summed E-state index contributed by atoms with van der Waals surface area (Å²) in [5.74, 6) is 0.347. The molecule has 0 saturated heterocycles. The second-order valence-corrected chi connectivity index (χ2v) is 2.61. The lowest BCUT2D eigenvalue weighted by molar-refractivity contribution is -0.158. The van der Waals surface area contributed by atoms with E-state index in [0.717, 1.165) is 0 Å². The first-order valence-electron chi connectivity index (χ1n) is 4.07. The summed E-state index contributed by atoms with van der Waals surface area (Å²) in [5, 5.41) is 0. The minimum atomic E-state index is -0.542. The Hall–Kier alpha value is -1.51. The van der Waals surface area contributed by atoms with Crippen LogP contribution in [0.2, 0.25) is 0 Å². The van der Waals surface area contributed by atoms with Crippen LogP contribution in [0.5, 0.6) is 5.75 Å². The number of hydrogen-bond acceptors (Lipinski definition) is 3. The van der Waals surface area contributed by atoms with Crippen LogP contribution in [0.4, 0.5) is 0 Å². The molecule has 1 rings (SSSR count). The van der Waals surface area contributed by atoms with Crippen LogP contribution >= 0.6 is 0 Å². The first-order valence-corrected chi connectivity index (χ1v) is 4.07. The number of rotatable bonds is 3. The lowest BCUT2D eigenvalue weighted by Gasteiger charge is -2.13. The maximum atomic E-state index is 10.5. The molecule has 0 aliphatic rings. The van der Waals surface area contributed by atoms with Crippen LogP contribution in [0.25, 0.3) is 0 Å². The van der Waals surface area contributed by atoms with Crippen LogP contribution < -0.4 is 4.74 Å². The highest BCUT2D eigenvalue weighted by atomic mass is 16.7. The fourth-order valence-electron chi connectivity index (χ4n) is 0.948.